The maximum Gasteiger partial charge on any atom is 0.0536 e. The van der Waals surface area contributed by atoms with Crippen LogP contribution >= 0.6 is 0 Å². The lowest BCUT2D eigenvalue weighted by Gasteiger charge is -2.21. The van der Waals surface area contributed by atoms with Gasteiger partial charge in [-0.25, -0.2) is 0 Å². The van der Waals surface area contributed by atoms with Crippen molar-refractivity contribution in [2.75, 3.05) is 39.5 Å². The molecule has 0 radical (unpaired) electrons. The van der Waals surface area contributed by atoms with E-state index in [0.29, 0.717) is 12.0 Å². The maximum absolute atomic E-state index is 8.73. The van der Waals surface area contributed by atoms with E-state index in [9.17, 15) is 0 Å². The minimum atomic E-state index is 0.319. The van der Waals surface area contributed by atoms with Crippen LogP contribution < -0.4 is 0 Å². The molecule has 0 amide bonds. The lowest BCUT2D eigenvalue weighted by Crippen LogP contribution is -2.28. The molecule has 3 heteroatoms. The molecule has 0 aromatic rings. The minimum Gasteiger partial charge on any atom is -0.396 e. The zero-order valence-electron chi connectivity index (χ0n) is 8.17. The van der Waals surface area contributed by atoms with E-state index in [1.54, 1.807) is 0 Å². The Morgan fingerprint density at radius 3 is 3.00 bits per heavy atom. The number of aliphatic hydroxyl groups excluding tert-OH is 1. The molecule has 0 bridgehead atoms. The highest BCUT2D eigenvalue weighted by molar-refractivity contribution is 4.92. The van der Waals surface area contributed by atoms with E-state index >= 15 is 0 Å². The normalized spacial score (nSPS) is 34.8. The van der Waals surface area contributed by atoms with E-state index in [2.05, 4.69) is 4.90 Å². The van der Waals surface area contributed by atoms with Crippen LogP contribution in [0, 0.1) is 5.41 Å². The van der Waals surface area contributed by atoms with Crippen LogP contribution in [0.1, 0.15) is 19.3 Å². The molecule has 0 saturated carbocycles. The summed E-state index contributed by atoms with van der Waals surface area (Å²) in [7, 11) is 0. The first kappa shape index (κ1) is 9.44. The van der Waals surface area contributed by atoms with Gasteiger partial charge in [-0.1, -0.05) is 0 Å². The summed E-state index contributed by atoms with van der Waals surface area (Å²) in [6, 6.07) is 0. The molecule has 2 aliphatic rings. The Morgan fingerprint density at radius 1 is 1.38 bits per heavy atom. The van der Waals surface area contributed by atoms with Crippen LogP contribution in [0.3, 0.4) is 0 Å². The summed E-state index contributed by atoms with van der Waals surface area (Å²) in [5.74, 6) is 0. The fourth-order valence-electron chi connectivity index (χ4n) is 2.48. The topological polar surface area (TPSA) is 32.7 Å². The van der Waals surface area contributed by atoms with Crippen molar-refractivity contribution in [3.05, 3.63) is 0 Å². The molecule has 1 N–H and O–H groups in total. The summed E-state index contributed by atoms with van der Waals surface area (Å²) in [5.41, 5.74) is 0.482. The maximum atomic E-state index is 8.73. The van der Waals surface area contributed by atoms with E-state index in [4.69, 9.17) is 9.84 Å². The van der Waals surface area contributed by atoms with Crippen molar-refractivity contribution in [2.24, 2.45) is 5.41 Å². The molecule has 0 unspecified atom stereocenters. The van der Waals surface area contributed by atoms with Crippen molar-refractivity contribution in [1.82, 2.24) is 4.90 Å². The SMILES string of the molecule is OCCCN1CC[C@]2(CCOC2)C1. The van der Waals surface area contributed by atoms with Crippen molar-refractivity contribution < 1.29 is 9.84 Å². The predicted octanol–water partition coefficient (Wildman–Crippen LogP) is 0.481. The molecule has 0 aliphatic carbocycles. The monoisotopic (exact) mass is 185 g/mol. The number of ether oxygens (including phenoxy) is 1. The van der Waals surface area contributed by atoms with E-state index in [0.717, 1.165) is 26.2 Å². The number of rotatable bonds is 3. The van der Waals surface area contributed by atoms with Crippen molar-refractivity contribution >= 4 is 0 Å². The summed E-state index contributed by atoms with van der Waals surface area (Å²) in [6.45, 7) is 5.67. The van der Waals surface area contributed by atoms with Crippen LogP contribution in [0.25, 0.3) is 0 Å². The molecule has 2 fully saturated rings. The zero-order chi connectivity index (χ0) is 9.15. The number of hydrogen-bond acceptors (Lipinski definition) is 3. The van der Waals surface area contributed by atoms with E-state index in [1.165, 1.54) is 25.9 Å². The van der Waals surface area contributed by atoms with Gasteiger partial charge >= 0.3 is 0 Å². The van der Waals surface area contributed by atoms with Gasteiger partial charge in [0.2, 0.25) is 0 Å². The zero-order valence-corrected chi connectivity index (χ0v) is 8.17. The van der Waals surface area contributed by atoms with Gasteiger partial charge in [-0.3, -0.25) is 0 Å². The van der Waals surface area contributed by atoms with E-state index in [-0.39, 0.29) is 0 Å². The Balaban J connectivity index is 1.79. The number of nitrogens with zero attached hydrogens (tertiary/aromatic N) is 1. The summed E-state index contributed by atoms with van der Waals surface area (Å²) >= 11 is 0. The Hall–Kier alpha value is -0.120. The molecule has 0 aromatic carbocycles. The fraction of sp³-hybridized carbons (Fsp3) is 1.00. The molecule has 0 aromatic heterocycles. The molecular weight excluding hydrogens is 166 g/mol. The first-order valence-corrected chi connectivity index (χ1v) is 5.26. The van der Waals surface area contributed by atoms with Crippen LogP contribution in [-0.2, 0) is 4.74 Å². The largest absolute Gasteiger partial charge is 0.396 e. The van der Waals surface area contributed by atoms with Crippen molar-refractivity contribution in [3.8, 4) is 0 Å². The van der Waals surface area contributed by atoms with Gasteiger partial charge in [-0.2, -0.15) is 0 Å². The third-order valence-corrected chi connectivity index (χ3v) is 3.33. The smallest absolute Gasteiger partial charge is 0.0536 e. The summed E-state index contributed by atoms with van der Waals surface area (Å²) in [6.07, 6.45) is 3.44. The van der Waals surface area contributed by atoms with Crippen molar-refractivity contribution in [1.29, 1.82) is 0 Å². The standard InChI is InChI=1S/C10H19NO2/c12-6-1-4-11-5-2-10(8-11)3-7-13-9-10/h12H,1-9H2/t10-/m0/s1. The highest BCUT2D eigenvalue weighted by Gasteiger charge is 2.40. The average molecular weight is 185 g/mol. The van der Waals surface area contributed by atoms with Crippen molar-refractivity contribution in [3.63, 3.8) is 0 Å². The van der Waals surface area contributed by atoms with Crippen LogP contribution in [0.5, 0.6) is 0 Å². The van der Waals surface area contributed by atoms with Gasteiger partial charge in [-0.05, 0) is 25.8 Å². The second kappa shape index (κ2) is 3.95. The third-order valence-electron chi connectivity index (χ3n) is 3.33. The molecule has 2 saturated heterocycles. The second-order valence-corrected chi connectivity index (χ2v) is 4.41. The Kier molecular flexibility index (Phi) is 2.86. The first-order valence-electron chi connectivity index (χ1n) is 5.26. The van der Waals surface area contributed by atoms with E-state index < -0.39 is 0 Å². The molecule has 13 heavy (non-hydrogen) atoms. The van der Waals surface area contributed by atoms with Gasteiger partial charge in [0.1, 0.15) is 0 Å². The molecule has 2 heterocycles. The minimum absolute atomic E-state index is 0.319. The quantitative estimate of drug-likeness (QED) is 0.694. The van der Waals surface area contributed by atoms with Gasteiger partial charge in [-0.15, -0.1) is 0 Å². The van der Waals surface area contributed by atoms with Gasteiger partial charge in [0, 0.05) is 31.7 Å². The fourth-order valence-corrected chi connectivity index (χ4v) is 2.48. The lowest BCUT2D eigenvalue weighted by molar-refractivity contribution is 0.151. The Labute approximate surface area is 79.7 Å². The number of likely N-dealkylation sites (tertiary alicyclic amines) is 1. The molecule has 1 spiro atoms. The highest BCUT2D eigenvalue weighted by Crippen LogP contribution is 2.37. The second-order valence-electron chi connectivity index (χ2n) is 4.41. The highest BCUT2D eigenvalue weighted by atomic mass is 16.5. The predicted molar refractivity (Wildman–Crippen MR) is 50.6 cm³/mol. The molecule has 1 atom stereocenters. The first-order chi connectivity index (χ1) is 6.35. The molecular formula is C10H19NO2. The molecule has 76 valence electrons. The van der Waals surface area contributed by atoms with Gasteiger partial charge in [0.25, 0.3) is 0 Å². The van der Waals surface area contributed by atoms with Crippen LogP contribution in [0.2, 0.25) is 0 Å². The Morgan fingerprint density at radius 2 is 2.31 bits per heavy atom. The van der Waals surface area contributed by atoms with Crippen molar-refractivity contribution in [2.45, 2.75) is 19.3 Å². The van der Waals surface area contributed by atoms with Gasteiger partial charge in [0.05, 0.1) is 6.61 Å². The Bertz CT molecular complexity index is 166. The molecule has 2 rings (SSSR count). The molecule has 3 nitrogen and oxygen atoms in total. The summed E-state index contributed by atoms with van der Waals surface area (Å²) in [5, 5.41) is 8.73. The lowest BCUT2D eigenvalue weighted by atomic mass is 9.87. The summed E-state index contributed by atoms with van der Waals surface area (Å²) in [4.78, 5) is 2.46. The average Bonchev–Trinajstić information content (AvgIpc) is 2.74. The third kappa shape index (κ3) is 2.03. The summed E-state index contributed by atoms with van der Waals surface area (Å²) < 4.78 is 5.46. The number of hydrogen-bond donors (Lipinski definition) is 1. The number of aliphatic hydroxyl groups is 1. The van der Waals surface area contributed by atoms with Crippen LogP contribution in [0.15, 0.2) is 0 Å². The van der Waals surface area contributed by atoms with Gasteiger partial charge < -0.3 is 14.7 Å². The van der Waals surface area contributed by atoms with Gasteiger partial charge in [0.15, 0.2) is 0 Å². The van der Waals surface area contributed by atoms with Crippen LogP contribution in [-0.4, -0.2) is 49.5 Å². The molecule has 2 aliphatic heterocycles. The van der Waals surface area contributed by atoms with E-state index in [1.807, 2.05) is 0 Å². The van der Waals surface area contributed by atoms with Crippen LogP contribution in [0.4, 0.5) is 0 Å².